The highest BCUT2D eigenvalue weighted by Crippen LogP contribution is 2.13. The van der Waals surface area contributed by atoms with Gasteiger partial charge in [0.15, 0.2) is 0 Å². The molecule has 1 amide bonds. The number of hydrogen-bond acceptors (Lipinski definition) is 3. The lowest BCUT2D eigenvalue weighted by Gasteiger charge is -2.22. The second kappa shape index (κ2) is 27.7. The van der Waals surface area contributed by atoms with Gasteiger partial charge in [0.1, 0.15) is 0 Å². The summed E-state index contributed by atoms with van der Waals surface area (Å²) in [6.07, 6.45) is 31.1. The molecule has 2 atom stereocenters. The Morgan fingerprint density at radius 1 is 0.657 bits per heavy atom. The third-order valence-electron chi connectivity index (χ3n) is 7.03. The van der Waals surface area contributed by atoms with Crippen molar-refractivity contribution in [3.05, 3.63) is 12.2 Å². The third kappa shape index (κ3) is 24.6. The minimum Gasteiger partial charge on any atom is -0.394 e. The molecule has 208 valence electrons. The first kappa shape index (κ1) is 34.1. The molecule has 0 aliphatic rings. The lowest BCUT2D eigenvalue weighted by atomic mass is 10.0. The topological polar surface area (TPSA) is 69.6 Å². The minimum atomic E-state index is -0.658. The van der Waals surface area contributed by atoms with Crippen LogP contribution in [0.5, 0.6) is 0 Å². The van der Waals surface area contributed by atoms with Crippen molar-refractivity contribution in [1.29, 1.82) is 0 Å². The van der Waals surface area contributed by atoms with Crippen LogP contribution in [0.2, 0.25) is 0 Å². The molecule has 0 rings (SSSR count). The summed E-state index contributed by atoms with van der Waals surface area (Å²) in [7, 11) is 0. The van der Waals surface area contributed by atoms with Crippen LogP contribution in [-0.2, 0) is 4.79 Å². The van der Waals surface area contributed by atoms with Crippen molar-refractivity contribution in [2.75, 3.05) is 6.61 Å². The zero-order valence-electron chi connectivity index (χ0n) is 23.6. The highest BCUT2D eigenvalue weighted by Gasteiger charge is 2.19. The normalized spacial score (nSPS) is 13.4. The fourth-order valence-corrected chi connectivity index (χ4v) is 4.59. The van der Waals surface area contributed by atoms with Gasteiger partial charge in [0.05, 0.1) is 18.8 Å². The summed E-state index contributed by atoms with van der Waals surface area (Å²) in [4.78, 5) is 12.2. The maximum absolute atomic E-state index is 12.2. The molecule has 0 aliphatic carbocycles. The first-order valence-corrected chi connectivity index (χ1v) is 15.4. The van der Waals surface area contributed by atoms with E-state index in [0.717, 1.165) is 38.5 Å². The molecule has 4 heteroatoms. The highest BCUT2D eigenvalue weighted by atomic mass is 16.3. The molecule has 0 saturated carbocycles. The van der Waals surface area contributed by atoms with E-state index >= 15 is 0 Å². The maximum atomic E-state index is 12.2. The smallest absolute Gasteiger partial charge is 0.220 e. The van der Waals surface area contributed by atoms with Crippen molar-refractivity contribution in [1.82, 2.24) is 5.32 Å². The van der Waals surface area contributed by atoms with Crippen LogP contribution in [0.15, 0.2) is 12.2 Å². The molecule has 0 aliphatic heterocycles. The van der Waals surface area contributed by atoms with Gasteiger partial charge in [-0.1, -0.05) is 129 Å². The van der Waals surface area contributed by atoms with Crippen LogP contribution in [0.4, 0.5) is 0 Å². The predicted octanol–water partition coefficient (Wildman–Crippen LogP) is 8.39. The zero-order chi connectivity index (χ0) is 25.8. The lowest BCUT2D eigenvalue weighted by molar-refractivity contribution is -0.123. The summed E-state index contributed by atoms with van der Waals surface area (Å²) in [6.45, 7) is 4.31. The quantitative estimate of drug-likeness (QED) is 0.0791. The Labute approximate surface area is 218 Å². The molecule has 0 heterocycles. The zero-order valence-corrected chi connectivity index (χ0v) is 23.6. The number of rotatable bonds is 27. The minimum absolute atomic E-state index is 0.0511. The van der Waals surface area contributed by atoms with E-state index in [2.05, 4.69) is 31.3 Å². The lowest BCUT2D eigenvalue weighted by Crippen LogP contribution is -2.45. The van der Waals surface area contributed by atoms with E-state index in [1.54, 1.807) is 0 Å². The van der Waals surface area contributed by atoms with Crippen LogP contribution in [0.1, 0.15) is 162 Å². The first-order valence-electron chi connectivity index (χ1n) is 15.4. The van der Waals surface area contributed by atoms with E-state index in [0.29, 0.717) is 12.8 Å². The van der Waals surface area contributed by atoms with E-state index in [1.165, 1.54) is 96.3 Å². The van der Waals surface area contributed by atoms with Gasteiger partial charge in [0.2, 0.25) is 5.91 Å². The number of aliphatic hydroxyl groups excluding tert-OH is 2. The number of amides is 1. The molecule has 0 radical (unpaired) electrons. The molecule has 0 aromatic heterocycles. The number of aliphatic hydroxyl groups is 2. The fraction of sp³-hybridized carbons (Fsp3) is 0.903. The predicted molar refractivity (Wildman–Crippen MR) is 152 cm³/mol. The molecule has 0 aromatic carbocycles. The Bertz CT molecular complexity index is 466. The Morgan fingerprint density at radius 2 is 1.09 bits per heavy atom. The first-order chi connectivity index (χ1) is 17.2. The van der Waals surface area contributed by atoms with Crippen molar-refractivity contribution in [2.45, 2.75) is 174 Å². The van der Waals surface area contributed by atoms with Crippen LogP contribution in [0.3, 0.4) is 0 Å². The second-order valence-corrected chi connectivity index (χ2v) is 10.5. The Hall–Kier alpha value is -0.870. The Balaban J connectivity index is 3.64. The van der Waals surface area contributed by atoms with Crippen molar-refractivity contribution in [2.24, 2.45) is 0 Å². The van der Waals surface area contributed by atoms with Crippen molar-refractivity contribution < 1.29 is 15.0 Å². The van der Waals surface area contributed by atoms with Crippen LogP contribution in [-0.4, -0.2) is 34.9 Å². The second-order valence-electron chi connectivity index (χ2n) is 10.5. The van der Waals surface area contributed by atoms with Crippen LogP contribution in [0, 0.1) is 0 Å². The molecule has 0 saturated heterocycles. The summed E-state index contributed by atoms with van der Waals surface area (Å²) in [5.41, 5.74) is 0. The number of carbonyl (C=O) groups excluding carboxylic acids is 1. The van der Waals surface area contributed by atoms with Gasteiger partial charge in [-0.15, -0.1) is 0 Å². The van der Waals surface area contributed by atoms with E-state index in [-0.39, 0.29) is 12.5 Å². The summed E-state index contributed by atoms with van der Waals surface area (Å²) in [6, 6.07) is -0.536. The van der Waals surface area contributed by atoms with E-state index in [4.69, 9.17) is 0 Å². The van der Waals surface area contributed by atoms with E-state index in [9.17, 15) is 15.0 Å². The molecule has 0 spiro atoms. The number of hydrogen-bond donors (Lipinski definition) is 3. The van der Waals surface area contributed by atoms with Gasteiger partial charge in [0, 0.05) is 6.42 Å². The Kier molecular flexibility index (Phi) is 27.0. The number of allylic oxidation sites excluding steroid dienone is 2. The fourth-order valence-electron chi connectivity index (χ4n) is 4.59. The van der Waals surface area contributed by atoms with Gasteiger partial charge in [0.25, 0.3) is 0 Å². The molecule has 35 heavy (non-hydrogen) atoms. The van der Waals surface area contributed by atoms with Crippen molar-refractivity contribution in [3.8, 4) is 0 Å². The molecule has 4 nitrogen and oxygen atoms in total. The summed E-state index contributed by atoms with van der Waals surface area (Å²) >= 11 is 0. The number of nitrogens with one attached hydrogen (secondary N) is 1. The standard InChI is InChI=1S/C31H61NO3/c1-3-5-7-9-11-13-15-16-17-19-21-23-25-27-31(35)32-29(28-33)30(34)26-24-22-20-18-14-12-10-8-6-4-2/h16-17,29-30,33-34H,3-15,18-28H2,1-2H3,(H,32,35)/b17-16-. The highest BCUT2D eigenvalue weighted by molar-refractivity contribution is 5.76. The average Bonchev–Trinajstić information content (AvgIpc) is 2.86. The maximum Gasteiger partial charge on any atom is 0.220 e. The van der Waals surface area contributed by atoms with Crippen molar-refractivity contribution >= 4 is 5.91 Å². The van der Waals surface area contributed by atoms with E-state index < -0.39 is 12.1 Å². The van der Waals surface area contributed by atoms with Gasteiger partial charge in [-0.3, -0.25) is 4.79 Å². The van der Waals surface area contributed by atoms with E-state index in [1.807, 2.05) is 0 Å². The van der Waals surface area contributed by atoms with Crippen LogP contribution < -0.4 is 5.32 Å². The summed E-state index contributed by atoms with van der Waals surface area (Å²) in [5.74, 6) is -0.0511. The van der Waals surface area contributed by atoms with Gasteiger partial charge in [-0.05, 0) is 38.5 Å². The average molecular weight is 496 g/mol. The third-order valence-corrected chi connectivity index (χ3v) is 7.03. The summed E-state index contributed by atoms with van der Waals surface area (Å²) < 4.78 is 0. The molecular formula is C31H61NO3. The number of unbranched alkanes of at least 4 members (excludes halogenated alkanes) is 18. The van der Waals surface area contributed by atoms with Gasteiger partial charge in [-0.2, -0.15) is 0 Å². The summed E-state index contributed by atoms with van der Waals surface area (Å²) in [5, 5.41) is 22.8. The molecule has 0 bridgehead atoms. The molecule has 3 N–H and O–H groups in total. The SMILES string of the molecule is CCCCCCCC/C=C\CCCCCC(=O)NC(CO)C(O)CCCCCCCCCCCC. The molecule has 2 unspecified atom stereocenters. The largest absolute Gasteiger partial charge is 0.394 e. The van der Waals surface area contributed by atoms with Gasteiger partial charge < -0.3 is 15.5 Å². The number of carbonyl (C=O) groups is 1. The van der Waals surface area contributed by atoms with Crippen LogP contribution >= 0.6 is 0 Å². The molecule has 0 fully saturated rings. The van der Waals surface area contributed by atoms with Gasteiger partial charge in [-0.25, -0.2) is 0 Å². The Morgan fingerprint density at radius 3 is 1.57 bits per heavy atom. The molecule has 0 aromatic rings. The van der Waals surface area contributed by atoms with Gasteiger partial charge >= 0.3 is 0 Å². The van der Waals surface area contributed by atoms with Crippen molar-refractivity contribution in [3.63, 3.8) is 0 Å². The monoisotopic (exact) mass is 495 g/mol. The van der Waals surface area contributed by atoms with Crippen LogP contribution in [0.25, 0.3) is 0 Å². The molecular weight excluding hydrogens is 434 g/mol.